The summed E-state index contributed by atoms with van der Waals surface area (Å²) in [6.45, 7) is 3.14. The number of amides is 1. The Labute approximate surface area is 164 Å². The summed E-state index contributed by atoms with van der Waals surface area (Å²) in [7, 11) is 0. The Morgan fingerprint density at radius 3 is 2.96 bits per heavy atom. The van der Waals surface area contributed by atoms with Crippen molar-refractivity contribution in [3.63, 3.8) is 0 Å². The van der Waals surface area contributed by atoms with E-state index in [0.717, 1.165) is 29.5 Å². The Hall–Kier alpha value is -1.58. The van der Waals surface area contributed by atoms with Gasteiger partial charge in [-0.05, 0) is 37.5 Å². The number of benzene rings is 1. The van der Waals surface area contributed by atoms with E-state index >= 15 is 0 Å². The summed E-state index contributed by atoms with van der Waals surface area (Å²) in [6, 6.07) is 7.73. The summed E-state index contributed by atoms with van der Waals surface area (Å²) < 4.78 is 8.12. The van der Waals surface area contributed by atoms with Crippen molar-refractivity contribution >= 4 is 33.6 Å². The fourth-order valence-electron chi connectivity index (χ4n) is 2.81. The number of nitrogens with zero attached hydrogens (tertiary/aromatic N) is 2. The van der Waals surface area contributed by atoms with Gasteiger partial charge in [-0.25, -0.2) is 9.89 Å². The molecule has 2 unspecified atom stereocenters. The van der Waals surface area contributed by atoms with Crippen LogP contribution in [0.3, 0.4) is 0 Å². The molecule has 0 saturated carbocycles. The Bertz CT molecular complexity index is 799. The van der Waals surface area contributed by atoms with Crippen LogP contribution in [0, 0.1) is 0 Å². The van der Waals surface area contributed by atoms with Gasteiger partial charge in [0.15, 0.2) is 5.16 Å². The molecule has 0 bridgehead atoms. The minimum absolute atomic E-state index is 0.0379. The van der Waals surface area contributed by atoms with E-state index in [4.69, 9.17) is 4.74 Å². The number of aromatic nitrogens is 3. The Balaban J connectivity index is 1.54. The average molecular weight is 441 g/mol. The highest BCUT2D eigenvalue weighted by atomic mass is 79.9. The second kappa shape index (κ2) is 8.88. The van der Waals surface area contributed by atoms with Crippen molar-refractivity contribution in [1.82, 2.24) is 20.1 Å². The number of hydrogen-bond acceptors (Lipinski definition) is 5. The molecule has 7 nitrogen and oxygen atoms in total. The van der Waals surface area contributed by atoms with E-state index in [9.17, 15) is 9.59 Å². The second-order valence-electron chi connectivity index (χ2n) is 6.19. The van der Waals surface area contributed by atoms with Crippen LogP contribution in [-0.4, -0.2) is 39.1 Å². The topological polar surface area (TPSA) is 89.0 Å². The third-order valence-electron chi connectivity index (χ3n) is 4.21. The number of thioether (sulfide) groups is 1. The second-order valence-corrected chi connectivity index (χ2v) is 8.04. The molecule has 1 amide bonds. The SMILES string of the molecule is CC(NC(=O)CSc1n[nH]c(=O)n1CC1CCCO1)c1ccc(Br)cc1. The average Bonchev–Trinajstić information content (AvgIpc) is 3.25. The van der Waals surface area contributed by atoms with Crippen molar-refractivity contribution in [3.8, 4) is 0 Å². The van der Waals surface area contributed by atoms with E-state index in [0.29, 0.717) is 11.7 Å². The molecular weight excluding hydrogens is 420 g/mol. The number of aromatic amines is 1. The van der Waals surface area contributed by atoms with Gasteiger partial charge in [0.05, 0.1) is 24.4 Å². The molecule has 3 rings (SSSR count). The largest absolute Gasteiger partial charge is 0.376 e. The predicted molar refractivity (Wildman–Crippen MR) is 103 cm³/mol. The predicted octanol–water partition coefficient (Wildman–Crippen LogP) is 2.48. The fraction of sp³-hybridized carbons (Fsp3) is 0.471. The van der Waals surface area contributed by atoms with Crippen LogP contribution < -0.4 is 11.0 Å². The molecule has 0 spiro atoms. The molecule has 0 radical (unpaired) electrons. The van der Waals surface area contributed by atoms with Gasteiger partial charge in [-0.3, -0.25) is 9.36 Å². The van der Waals surface area contributed by atoms with Gasteiger partial charge in [-0.2, -0.15) is 0 Å². The minimum Gasteiger partial charge on any atom is -0.376 e. The molecule has 26 heavy (non-hydrogen) atoms. The molecule has 2 N–H and O–H groups in total. The van der Waals surface area contributed by atoms with E-state index in [2.05, 4.69) is 31.4 Å². The Morgan fingerprint density at radius 2 is 2.27 bits per heavy atom. The molecule has 0 aliphatic carbocycles. The van der Waals surface area contributed by atoms with Gasteiger partial charge in [-0.1, -0.05) is 39.8 Å². The molecule has 2 atom stereocenters. The van der Waals surface area contributed by atoms with Gasteiger partial charge in [0, 0.05) is 11.1 Å². The van der Waals surface area contributed by atoms with E-state index in [1.54, 1.807) is 4.57 Å². The molecule has 2 aromatic rings. The Morgan fingerprint density at radius 1 is 1.50 bits per heavy atom. The van der Waals surface area contributed by atoms with E-state index in [-0.39, 0.29) is 29.5 Å². The molecule has 1 aromatic heterocycles. The summed E-state index contributed by atoms with van der Waals surface area (Å²) in [5, 5.41) is 9.95. The first-order valence-electron chi connectivity index (χ1n) is 8.47. The first-order chi connectivity index (χ1) is 12.5. The van der Waals surface area contributed by atoms with Crippen molar-refractivity contribution in [2.45, 2.75) is 43.6 Å². The fourth-order valence-corrected chi connectivity index (χ4v) is 3.85. The number of halogens is 1. The van der Waals surface area contributed by atoms with Crippen LogP contribution in [0.1, 0.15) is 31.4 Å². The Kier molecular flexibility index (Phi) is 6.55. The lowest BCUT2D eigenvalue weighted by Gasteiger charge is -2.14. The number of nitrogens with one attached hydrogen (secondary N) is 2. The van der Waals surface area contributed by atoms with E-state index in [1.807, 2.05) is 31.2 Å². The molecule has 1 aromatic carbocycles. The maximum Gasteiger partial charge on any atom is 0.344 e. The number of hydrogen-bond donors (Lipinski definition) is 2. The van der Waals surface area contributed by atoms with Crippen molar-refractivity contribution < 1.29 is 9.53 Å². The summed E-state index contributed by atoms with van der Waals surface area (Å²) in [4.78, 5) is 24.2. The summed E-state index contributed by atoms with van der Waals surface area (Å²) in [6.07, 6.45) is 1.99. The molecule has 1 saturated heterocycles. The zero-order valence-corrected chi connectivity index (χ0v) is 16.8. The number of carbonyl (C=O) groups excluding carboxylic acids is 1. The van der Waals surface area contributed by atoms with Crippen molar-refractivity contribution in [1.29, 1.82) is 0 Å². The summed E-state index contributed by atoms with van der Waals surface area (Å²) >= 11 is 4.64. The van der Waals surface area contributed by atoms with Gasteiger partial charge in [0.25, 0.3) is 0 Å². The van der Waals surface area contributed by atoms with Crippen LogP contribution in [0.25, 0.3) is 0 Å². The monoisotopic (exact) mass is 440 g/mol. The number of rotatable bonds is 7. The highest BCUT2D eigenvalue weighted by Crippen LogP contribution is 2.19. The number of carbonyl (C=O) groups is 1. The normalized spacial score (nSPS) is 18.0. The number of H-pyrrole nitrogens is 1. The van der Waals surface area contributed by atoms with Crippen LogP contribution >= 0.6 is 27.7 Å². The molecule has 1 aliphatic rings. The van der Waals surface area contributed by atoms with Crippen LogP contribution in [0.5, 0.6) is 0 Å². The lowest BCUT2D eigenvalue weighted by Crippen LogP contribution is -2.29. The molecule has 140 valence electrons. The maximum absolute atomic E-state index is 12.2. The molecular formula is C17H21BrN4O3S. The zero-order valence-electron chi connectivity index (χ0n) is 14.4. The molecule has 1 fully saturated rings. The smallest absolute Gasteiger partial charge is 0.344 e. The van der Waals surface area contributed by atoms with Crippen LogP contribution in [-0.2, 0) is 16.1 Å². The minimum atomic E-state index is -0.272. The standard InChI is InChI=1S/C17H21BrN4O3S/c1-11(12-4-6-13(18)7-5-12)19-15(23)10-26-17-21-20-16(24)22(17)9-14-3-2-8-25-14/h4-7,11,14H,2-3,8-10H2,1H3,(H,19,23)(H,20,24). The highest BCUT2D eigenvalue weighted by molar-refractivity contribution is 9.10. The summed E-state index contributed by atoms with van der Waals surface area (Å²) in [5.74, 6) is 0.0842. The first-order valence-corrected chi connectivity index (χ1v) is 10.2. The maximum atomic E-state index is 12.2. The zero-order chi connectivity index (χ0) is 18.5. The van der Waals surface area contributed by atoms with Crippen molar-refractivity contribution in [2.24, 2.45) is 0 Å². The van der Waals surface area contributed by atoms with E-state index in [1.165, 1.54) is 11.8 Å². The quantitative estimate of drug-likeness (QED) is 0.645. The highest BCUT2D eigenvalue weighted by Gasteiger charge is 2.20. The third kappa shape index (κ3) is 4.99. The van der Waals surface area contributed by atoms with Gasteiger partial charge < -0.3 is 10.1 Å². The van der Waals surface area contributed by atoms with Crippen LogP contribution in [0.4, 0.5) is 0 Å². The summed E-state index contributed by atoms with van der Waals surface area (Å²) in [5.41, 5.74) is 0.758. The van der Waals surface area contributed by atoms with Gasteiger partial charge in [0.1, 0.15) is 0 Å². The van der Waals surface area contributed by atoms with Gasteiger partial charge >= 0.3 is 5.69 Å². The third-order valence-corrected chi connectivity index (χ3v) is 5.72. The molecule has 2 heterocycles. The lowest BCUT2D eigenvalue weighted by molar-refractivity contribution is -0.119. The number of ether oxygens (including phenoxy) is 1. The first kappa shape index (κ1) is 19.2. The van der Waals surface area contributed by atoms with Crippen LogP contribution in [0.15, 0.2) is 38.7 Å². The van der Waals surface area contributed by atoms with Gasteiger partial charge in [0.2, 0.25) is 5.91 Å². The van der Waals surface area contributed by atoms with Gasteiger partial charge in [-0.15, -0.1) is 5.10 Å². The molecule has 1 aliphatic heterocycles. The van der Waals surface area contributed by atoms with Crippen molar-refractivity contribution in [2.75, 3.05) is 12.4 Å². The lowest BCUT2D eigenvalue weighted by atomic mass is 10.1. The van der Waals surface area contributed by atoms with Crippen LogP contribution in [0.2, 0.25) is 0 Å². The van der Waals surface area contributed by atoms with Crippen molar-refractivity contribution in [3.05, 3.63) is 44.8 Å². The molecule has 9 heteroatoms. The van der Waals surface area contributed by atoms with E-state index < -0.39 is 0 Å².